The lowest BCUT2D eigenvalue weighted by Crippen LogP contribution is -1.89. The van der Waals surface area contributed by atoms with Gasteiger partial charge in [-0.25, -0.2) is 4.98 Å². The number of ether oxygens (including phenoxy) is 1. The maximum atomic E-state index is 10.3. The van der Waals surface area contributed by atoms with Gasteiger partial charge in [-0.3, -0.25) is 4.99 Å². The van der Waals surface area contributed by atoms with Crippen molar-refractivity contribution in [3.05, 3.63) is 69.7 Å². The first-order valence-corrected chi connectivity index (χ1v) is 9.83. The molecule has 0 aliphatic carbocycles. The predicted octanol–water partition coefficient (Wildman–Crippen LogP) is 6.34. The number of aliphatic imine (C=N–C) groups is 1. The number of aromatic nitrogens is 1. The van der Waals surface area contributed by atoms with Gasteiger partial charge in [0.05, 0.1) is 12.8 Å². The van der Waals surface area contributed by atoms with Crippen LogP contribution in [0, 0.1) is 13.8 Å². The Hall–Kier alpha value is -3.12. The molecule has 6 heteroatoms. The number of oxazole rings is 1. The van der Waals surface area contributed by atoms with Crippen LogP contribution in [0.4, 0.5) is 5.69 Å². The second kappa shape index (κ2) is 7.72. The van der Waals surface area contributed by atoms with Gasteiger partial charge in [0.15, 0.2) is 17.1 Å². The van der Waals surface area contributed by atoms with Gasteiger partial charge in [-0.2, -0.15) is 0 Å². The van der Waals surface area contributed by atoms with E-state index in [0.29, 0.717) is 17.2 Å². The molecule has 1 heterocycles. The van der Waals surface area contributed by atoms with Gasteiger partial charge < -0.3 is 14.3 Å². The normalized spacial score (nSPS) is 11.4. The molecule has 3 aromatic carbocycles. The van der Waals surface area contributed by atoms with Gasteiger partial charge in [0.2, 0.25) is 5.89 Å². The molecular formula is C23H19BrN2O3. The van der Waals surface area contributed by atoms with Gasteiger partial charge in [0.25, 0.3) is 0 Å². The molecule has 0 radical (unpaired) electrons. The third-order valence-electron chi connectivity index (χ3n) is 4.71. The molecule has 0 amide bonds. The van der Waals surface area contributed by atoms with Crippen molar-refractivity contribution in [1.29, 1.82) is 0 Å². The van der Waals surface area contributed by atoms with Crippen LogP contribution in [-0.4, -0.2) is 23.4 Å². The molecule has 0 aliphatic heterocycles. The molecule has 146 valence electrons. The molecule has 1 aromatic heterocycles. The molecule has 4 rings (SSSR count). The molecule has 1 N–H and O–H groups in total. The Bertz CT molecular complexity index is 1240. The third kappa shape index (κ3) is 3.76. The van der Waals surface area contributed by atoms with E-state index < -0.39 is 0 Å². The summed E-state index contributed by atoms with van der Waals surface area (Å²) in [7, 11) is 1.51. The van der Waals surface area contributed by atoms with Crippen LogP contribution in [0.2, 0.25) is 0 Å². The number of fused-ring (bicyclic) bond motifs is 1. The number of rotatable bonds is 4. The number of phenolic OH excluding ortho intramolecular Hbond substituents is 1. The summed E-state index contributed by atoms with van der Waals surface area (Å²) in [5, 5.41) is 10.3. The van der Waals surface area contributed by atoms with Crippen molar-refractivity contribution >= 4 is 38.9 Å². The highest BCUT2D eigenvalue weighted by atomic mass is 79.9. The topological polar surface area (TPSA) is 67.9 Å². The SMILES string of the molecule is COc1cc(Br)cc(C=Nc2cc(-c3nc4c(C)cccc4o3)ccc2C)c1O. The molecule has 0 saturated heterocycles. The van der Waals surface area contributed by atoms with E-state index in [1.807, 2.05) is 50.2 Å². The molecule has 0 spiro atoms. The fourth-order valence-corrected chi connectivity index (χ4v) is 3.53. The second-order valence-electron chi connectivity index (χ2n) is 6.75. The van der Waals surface area contributed by atoms with Crippen LogP contribution in [0.25, 0.3) is 22.6 Å². The van der Waals surface area contributed by atoms with Gasteiger partial charge in [-0.05, 0) is 55.3 Å². The Balaban J connectivity index is 1.73. The standard InChI is InChI=1S/C23H19BrN2O3/c1-13-7-8-15(23-26-21-14(2)5-4-6-19(21)29-23)10-18(13)25-12-16-9-17(24)11-20(28-3)22(16)27/h4-12,27H,1-3H3. The molecule has 4 aromatic rings. The van der Waals surface area contributed by atoms with E-state index in [-0.39, 0.29) is 5.75 Å². The van der Waals surface area contributed by atoms with Crippen molar-refractivity contribution in [3.8, 4) is 23.0 Å². The van der Waals surface area contributed by atoms with E-state index in [4.69, 9.17) is 9.15 Å². The van der Waals surface area contributed by atoms with E-state index in [1.165, 1.54) is 7.11 Å². The van der Waals surface area contributed by atoms with E-state index in [9.17, 15) is 5.11 Å². The highest BCUT2D eigenvalue weighted by Crippen LogP contribution is 2.34. The summed E-state index contributed by atoms with van der Waals surface area (Å²) in [6.45, 7) is 3.99. The average molecular weight is 451 g/mol. The van der Waals surface area contributed by atoms with E-state index in [1.54, 1.807) is 18.3 Å². The van der Waals surface area contributed by atoms with Crippen molar-refractivity contribution in [3.63, 3.8) is 0 Å². The summed E-state index contributed by atoms with van der Waals surface area (Å²) < 4.78 is 11.9. The number of aromatic hydroxyl groups is 1. The summed E-state index contributed by atoms with van der Waals surface area (Å²) in [6.07, 6.45) is 1.62. The molecule has 0 atom stereocenters. The van der Waals surface area contributed by atoms with Crippen LogP contribution in [-0.2, 0) is 0 Å². The van der Waals surface area contributed by atoms with E-state index in [2.05, 4.69) is 25.9 Å². The van der Waals surface area contributed by atoms with Gasteiger partial charge in [-0.1, -0.05) is 34.1 Å². The Morgan fingerprint density at radius 1 is 1.10 bits per heavy atom. The highest BCUT2D eigenvalue weighted by Gasteiger charge is 2.12. The minimum atomic E-state index is 0.0442. The van der Waals surface area contributed by atoms with Crippen LogP contribution in [0.5, 0.6) is 11.5 Å². The summed E-state index contributed by atoms with van der Waals surface area (Å²) in [5.41, 5.74) is 5.85. The van der Waals surface area contributed by atoms with Crippen LogP contribution in [0.1, 0.15) is 16.7 Å². The largest absolute Gasteiger partial charge is 0.504 e. The minimum absolute atomic E-state index is 0.0442. The predicted molar refractivity (Wildman–Crippen MR) is 119 cm³/mol. The van der Waals surface area contributed by atoms with Crippen molar-refractivity contribution in [2.24, 2.45) is 4.99 Å². The number of halogens is 1. The number of aryl methyl sites for hydroxylation is 2. The summed E-state index contributed by atoms with van der Waals surface area (Å²) in [4.78, 5) is 9.22. The Kier molecular flexibility index (Phi) is 5.11. The third-order valence-corrected chi connectivity index (χ3v) is 5.17. The van der Waals surface area contributed by atoms with Crippen LogP contribution < -0.4 is 4.74 Å². The maximum absolute atomic E-state index is 10.3. The zero-order valence-electron chi connectivity index (χ0n) is 16.2. The Morgan fingerprint density at radius 3 is 2.69 bits per heavy atom. The molecular weight excluding hydrogens is 432 g/mol. The fourth-order valence-electron chi connectivity index (χ4n) is 3.08. The zero-order chi connectivity index (χ0) is 20.5. The Labute approximate surface area is 176 Å². The van der Waals surface area contributed by atoms with Crippen molar-refractivity contribution in [1.82, 2.24) is 4.98 Å². The zero-order valence-corrected chi connectivity index (χ0v) is 17.8. The van der Waals surface area contributed by atoms with Gasteiger partial charge in [0.1, 0.15) is 5.52 Å². The first-order chi connectivity index (χ1) is 14.0. The highest BCUT2D eigenvalue weighted by molar-refractivity contribution is 9.10. The lowest BCUT2D eigenvalue weighted by molar-refractivity contribution is 0.373. The van der Waals surface area contributed by atoms with Crippen molar-refractivity contribution in [2.75, 3.05) is 7.11 Å². The molecule has 0 unspecified atom stereocenters. The number of benzene rings is 3. The summed E-state index contributed by atoms with van der Waals surface area (Å²) in [5.74, 6) is 0.980. The van der Waals surface area contributed by atoms with E-state index in [0.717, 1.165) is 38.0 Å². The number of phenols is 1. The van der Waals surface area contributed by atoms with Gasteiger partial charge in [0, 0.05) is 21.8 Å². The summed E-state index contributed by atoms with van der Waals surface area (Å²) >= 11 is 3.42. The lowest BCUT2D eigenvalue weighted by atomic mass is 10.1. The molecule has 0 aliphatic rings. The van der Waals surface area contributed by atoms with Crippen LogP contribution in [0.3, 0.4) is 0 Å². The smallest absolute Gasteiger partial charge is 0.227 e. The second-order valence-corrected chi connectivity index (χ2v) is 7.66. The molecule has 0 bridgehead atoms. The molecule has 29 heavy (non-hydrogen) atoms. The van der Waals surface area contributed by atoms with Crippen molar-refractivity contribution < 1.29 is 14.3 Å². The fraction of sp³-hybridized carbons (Fsp3) is 0.130. The van der Waals surface area contributed by atoms with Crippen LogP contribution >= 0.6 is 15.9 Å². The molecule has 0 saturated carbocycles. The number of hydrogen-bond acceptors (Lipinski definition) is 5. The van der Waals surface area contributed by atoms with E-state index >= 15 is 0 Å². The first-order valence-electron chi connectivity index (χ1n) is 9.04. The molecule has 5 nitrogen and oxygen atoms in total. The van der Waals surface area contributed by atoms with Gasteiger partial charge >= 0.3 is 0 Å². The first kappa shape index (κ1) is 19.2. The minimum Gasteiger partial charge on any atom is -0.504 e. The monoisotopic (exact) mass is 450 g/mol. The number of hydrogen-bond donors (Lipinski definition) is 1. The average Bonchev–Trinajstić information content (AvgIpc) is 3.15. The number of para-hydroxylation sites is 1. The van der Waals surface area contributed by atoms with Crippen LogP contribution in [0.15, 0.2) is 62.4 Å². The van der Waals surface area contributed by atoms with Gasteiger partial charge in [-0.15, -0.1) is 0 Å². The number of nitrogens with zero attached hydrogens (tertiary/aromatic N) is 2. The van der Waals surface area contributed by atoms with Crippen molar-refractivity contribution in [2.45, 2.75) is 13.8 Å². The quantitative estimate of drug-likeness (QED) is 0.368. The lowest BCUT2D eigenvalue weighted by Gasteiger charge is -2.07. The number of methoxy groups -OCH3 is 1. The maximum Gasteiger partial charge on any atom is 0.227 e. The summed E-state index contributed by atoms with van der Waals surface area (Å²) in [6, 6.07) is 15.2. The Morgan fingerprint density at radius 2 is 1.93 bits per heavy atom. The molecule has 0 fully saturated rings.